The van der Waals surface area contributed by atoms with Crippen molar-refractivity contribution in [3.63, 3.8) is 0 Å². The molecule has 2 aromatic heterocycles. The summed E-state index contributed by atoms with van der Waals surface area (Å²) in [6.45, 7) is -1.19. The molecule has 32 heavy (non-hydrogen) atoms. The number of hydrogen-bond acceptors (Lipinski definition) is 8. The SMILES string of the molecule is [2H]c1nc(OC([2H])([2H])COc2ncnc(NS(=O)(=O)NCCC)c2-c2ccc(Br)cc2)nc([2H])c1Br. The van der Waals surface area contributed by atoms with Gasteiger partial charge in [-0.2, -0.15) is 13.1 Å². The van der Waals surface area contributed by atoms with Gasteiger partial charge in [0.2, 0.25) is 5.88 Å². The van der Waals surface area contributed by atoms with E-state index in [0.717, 1.165) is 10.8 Å². The summed E-state index contributed by atoms with van der Waals surface area (Å²) in [6.07, 6.45) is 0.967. The number of nitrogens with zero attached hydrogens (tertiary/aromatic N) is 4. The van der Waals surface area contributed by atoms with Crippen molar-refractivity contribution in [2.45, 2.75) is 13.3 Å². The van der Waals surface area contributed by atoms with Crippen molar-refractivity contribution in [2.24, 2.45) is 0 Å². The summed E-state index contributed by atoms with van der Waals surface area (Å²) in [5.74, 6) is -0.201. The Morgan fingerprint density at radius 1 is 1.06 bits per heavy atom. The average molecular weight is 592 g/mol. The molecule has 3 rings (SSSR count). The third-order valence-electron chi connectivity index (χ3n) is 3.65. The number of hydrogen-bond donors (Lipinski definition) is 2. The van der Waals surface area contributed by atoms with E-state index in [-0.39, 0.29) is 40.6 Å². The fourth-order valence-electron chi connectivity index (χ4n) is 2.31. The van der Waals surface area contributed by atoms with E-state index in [4.69, 9.17) is 15.0 Å². The number of nitrogens with one attached hydrogen (secondary N) is 2. The molecule has 0 spiro atoms. The molecule has 0 amide bonds. The molecule has 170 valence electrons. The second-order valence-electron chi connectivity index (χ2n) is 5.99. The van der Waals surface area contributed by atoms with Gasteiger partial charge in [-0.1, -0.05) is 35.0 Å². The standard InChI is InChI=1S/C19H20Br2N6O4S/c1-2-7-26-32(28,29)27-17-16(13-3-5-14(20)6-4-13)18(25-12-24-17)30-8-9-31-19-22-10-15(21)11-23-19/h3-6,10-12,26H,2,7-9H2,1H3,(H,24,25,27)/i9D2,10D,11D. The van der Waals surface area contributed by atoms with E-state index < -0.39 is 29.4 Å². The summed E-state index contributed by atoms with van der Waals surface area (Å²) in [7, 11) is -3.96. The van der Waals surface area contributed by atoms with Crippen molar-refractivity contribution in [1.82, 2.24) is 24.7 Å². The van der Waals surface area contributed by atoms with Crippen LogP contribution in [0.3, 0.4) is 0 Å². The van der Waals surface area contributed by atoms with Crippen molar-refractivity contribution in [3.8, 4) is 23.0 Å². The van der Waals surface area contributed by atoms with Crippen molar-refractivity contribution in [2.75, 3.05) is 24.4 Å². The molecule has 2 heterocycles. The molecule has 0 radical (unpaired) electrons. The van der Waals surface area contributed by atoms with Crippen molar-refractivity contribution in [1.29, 1.82) is 0 Å². The fourth-order valence-corrected chi connectivity index (χ4v) is 3.71. The zero-order valence-electron chi connectivity index (χ0n) is 20.6. The van der Waals surface area contributed by atoms with Crippen molar-refractivity contribution < 1.29 is 23.4 Å². The summed E-state index contributed by atoms with van der Waals surface area (Å²) in [6, 6.07) is 6.29. The minimum absolute atomic E-state index is 0.0372. The highest BCUT2D eigenvalue weighted by Gasteiger charge is 2.19. The topological polar surface area (TPSA) is 128 Å². The number of ether oxygens (including phenoxy) is 2. The molecule has 0 saturated carbocycles. The Balaban J connectivity index is 1.91. The van der Waals surface area contributed by atoms with Crippen LogP contribution in [0.5, 0.6) is 11.9 Å². The molecule has 0 saturated heterocycles. The Labute approximate surface area is 208 Å². The lowest BCUT2D eigenvalue weighted by molar-refractivity contribution is 0.202. The lowest BCUT2D eigenvalue weighted by atomic mass is 10.1. The zero-order chi connectivity index (χ0) is 26.5. The van der Waals surface area contributed by atoms with Crippen LogP contribution in [0.4, 0.5) is 5.82 Å². The summed E-state index contributed by atoms with van der Waals surface area (Å²) >= 11 is 6.33. The van der Waals surface area contributed by atoms with Crippen LogP contribution in [0.15, 0.2) is 51.9 Å². The molecule has 2 N–H and O–H groups in total. The molecule has 0 atom stereocenters. The second-order valence-corrected chi connectivity index (χ2v) is 9.20. The van der Waals surface area contributed by atoms with E-state index in [1.165, 1.54) is 0 Å². The van der Waals surface area contributed by atoms with Crippen LogP contribution in [0.1, 0.15) is 18.8 Å². The molecular weight excluding hydrogens is 568 g/mol. The fraction of sp³-hybridized carbons (Fsp3) is 0.263. The van der Waals surface area contributed by atoms with Gasteiger partial charge in [0.05, 0.1) is 15.5 Å². The molecule has 0 unspecified atom stereocenters. The van der Waals surface area contributed by atoms with Crippen LogP contribution in [0, 0.1) is 0 Å². The first kappa shape index (κ1) is 19.1. The molecule has 13 heteroatoms. The predicted molar refractivity (Wildman–Crippen MR) is 127 cm³/mol. The Bertz CT molecular complexity index is 1310. The van der Waals surface area contributed by atoms with E-state index in [1.54, 1.807) is 24.3 Å². The number of halogens is 2. The maximum Gasteiger partial charge on any atom is 0.316 e. The lowest BCUT2D eigenvalue weighted by Crippen LogP contribution is -2.31. The Morgan fingerprint density at radius 2 is 1.78 bits per heavy atom. The number of benzene rings is 1. The zero-order valence-corrected chi connectivity index (χ0v) is 20.6. The summed E-state index contributed by atoms with van der Waals surface area (Å²) in [4.78, 5) is 15.5. The third-order valence-corrected chi connectivity index (χ3v) is 5.58. The van der Waals surface area contributed by atoms with Gasteiger partial charge in [0.1, 0.15) is 19.5 Å². The van der Waals surface area contributed by atoms with Crippen LogP contribution in [-0.4, -0.2) is 48.1 Å². The minimum Gasteiger partial charge on any atom is -0.473 e. The summed E-state index contributed by atoms with van der Waals surface area (Å²) < 4.78 is 72.8. The van der Waals surface area contributed by atoms with Gasteiger partial charge in [-0.3, -0.25) is 4.72 Å². The molecule has 0 aliphatic carbocycles. The molecular formula is C19H20Br2N6O4S. The minimum atomic E-state index is -3.96. The summed E-state index contributed by atoms with van der Waals surface area (Å²) in [5, 5.41) is 0. The van der Waals surface area contributed by atoms with Crippen LogP contribution in [-0.2, 0) is 10.2 Å². The normalized spacial score (nSPS) is 13.5. The van der Waals surface area contributed by atoms with Gasteiger partial charge < -0.3 is 9.47 Å². The van der Waals surface area contributed by atoms with Crippen LogP contribution >= 0.6 is 31.9 Å². The smallest absolute Gasteiger partial charge is 0.316 e. The monoisotopic (exact) mass is 590 g/mol. The van der Waals surface area contributed by atoms with Gasteiger partial charge in [-0.15, -0.1) is 0 Å². The number of rotatable bonds is 11. The van der Waals surface area contributed by atoms with Crippen LogP contribution in [0.25, 0.3) is 11.1 Å². The van der Waals surface area contributed by atoms with Crippen LogP contribution in [0.2, 0.25) is 0 Å². The predicted octanol–water partition coefficient (Wildman–Crippen LogP) is 3.57. The quantitative estimate of drug-likeness (QED) is 0.346. The van der Waals surface area contributed by atoms with E-state index in [0.29, 0.717) is 12.0 Å². The number of anilines is 1. The van der Waals surface area contributed by atoms with Gasteiger partial charge in [-0.25, -0.2) is 19.9 Å². The van der Waals surface area contributed by atoms with E-state index >= 15 is 0 Å². The van der Waals surface area contributed by atoms with Gasteiger partial charge in [-0.05, 0) is 40.0 Å². The molecule has 1 aromatic carbocycles. The van der Waals surface area contributed by atoms with E-state index in [1.807, 2.05) is 6.92 Å². The summed E-state index contributed by atoms with van der Waals surface area (Å²) in [5.41, 5.74) is 0.668. The maximum absolute atomic E-state index is 12.4. The second kappa shape index (κ2) is 11.5. The highest BCUT2D eigenvalue weighted by molar-refractivity contribution is 9.10. The average Bonchev–Trinajstić information content (AvgIpc) is 2.80. The molecule has 10 nitrogen and oxygen atoms in total. The van der Waals surface area contributed by atoms with Gasteiger partial charge >= 0.3 is 6.01 Å². The molecule has 0 aliphatic rings. The van der Waals surface area contributed by atoms with Crippen molar-refractivity contribution >= 4 is 47.9 Å². The molecule has 0 fully saturated rings. The first-order valence-corrected chi connectivity index (χ1v) is 12.2. The number of aromatic nitrogens is 4. The third kappa shape index (κ3) is 7.08. The van der Waals surface area contributed by atoms with Crippen LogP contribution < -0.4 is 18.9 Å². The van der Waals surface area contributed by atoms with Gasteiger partial charge in [0.25, 0.3) is 10.2 Å². The van der Waals surface area contributed by atoms with E-state index in [2.05, 4.69) is 61.2 Å². The first-order chi connectivity index (χ1) is 16.9. The molecule has 0 bridgehead atoms. The Morgan fingerprint density at radius 3 is 2.47 bits per heavy atom. The first-order valence-electron chi connectivity index (χ1n) is 11.1. The van der Waals surface area contributed by atoms with Gasteiger partial charge in [0.15, 0.2) is 5.82 Å². The Kier molecular flexibility index (Phi) is 6.88. The molecule has 0 aliphatic heterocycles. The highest BCUT2D eigenvalue weighted by Crippen LogP contribution is 2.34. The molecule has 3 aromatic rings. The largest absolute Gasteiger partial charge is 0.473 e. The lowest BCUT2D eigenvalue weighted by Gasteiger charge is -2.15. The van der Waals surface area contributed by atoms with Gasteiger partial charge in [0, 0.05) is 23.4 Å². The van der Waals surface area contributed by atoms with E-state index in [9.17, 15) is 8.42 Å². The highest BCUT2D eigenvalue weighted by atomic mass is 79.9. The van der Waals surface area contributed by atoms with Crippen molar-refractivity contribution in [3.05, 3.63) is 51.9 Å². The maximum atomic E-state index is 12.4. The Hall–Kier alpha value is -2.35.